The number of hydrogen-bond donors (Lipinski definition) is 2. The number of nitrogens with one attached hydrogen (secondary N) is 2. The van der Waals surface area contributed by atoms with Crippen molar-refractivity contribution in [3.63, 3.8) is 0 Å². The molecule has 2 N–H and O–H groups in total. The van der Waals surface area contributed by atoms with Crippen LogP contribution >= 0.6 is 0 Å². The van der Waals surface area contributed by atoms with E-state index in [0.29, 0.717) is 18.7 Å². The second kappa shape index (κ2) is 8.71. The normalized spacial score (nSPS) is 15.9. The molecule has 116 valence electrons. The molecule has 1 fully saturated rings. The molecule has 1 aromatic carbocycles. The molecule has 0 radical (unpaired) electrons. The Bertz CT molecular complexity index is 450. The fraction of sp³-hybridized carbons (Fsp3) is 0.533. The van der Waals surface area contributed by atoms with E-state index >= 15 is 0 Å². The Morgan fingerprint density at radius 1 is 1.29 bits per heavy atom. The molecule has 6 heteroatoms. The van der Waals surface area contributed by atoms with E-state index in [4.69, 9.17) is 4.74 Å². The molecule has 0 saturated carbocycles. The van der Waals surface area contributed by atoms with Crippen LogP contribution in [0.5, 0.6) is 0 Å². The number of ether oxygens (including phenoxy) is 1. The predicted octanol–water partition coefficient (Wildman–Crippen LogP) is 0.364. The minimum absolute atomic E-state index is 0.0698. The zero-order valence-corrected chi connectivity index (χ0v) is 12.1. The molecule has 0 aromatic heterocycles. The van der Waals surface area contributed by atoms with Gasteiger partial charge in [0.05, 0.1) is 19.8 Å². The van der Waals surface area contributed by atoms with E-state index in [1.54, 1.807) is 18.2 Å². The number of nitrogens with zero attached hydrogens (tertiary/aromatic N) is 1. The first kappa shape index (κ1) is 15.9. The third-order valence-electron chi connectivity index (χ3n) is 3.41. The summed E-state index contributed by atoms with van der Waals surface area (Å²) in [5, 5.41) is 5.80. The molecule has 1 heterocycles. The van der Waals surface area contributed by atoms with Crippen molar-refractivity contribution >= 4 is 5.91 Å². The van der Waals surface area contributed by atoms with E-state index in [1.807, 2.05) is 0 Å². The van der Waals surface area contributed by atoms with Gasteiger partial charge in [0.25, 0.3) is 0 Å². The van der Waals surface area contributed by atoms with Crippen LogP contribution in [0, 0.1) is 5.82 Å². The maximum atomic E-state index is 13.4. The van der Waals surface area contributed by atoms with Crippen LogP contribution < -0.4 is 10.6 Å². The van der Waals surface area contributed by atoms with Gasteiger partial charge in [-0.3, -0.25) is 9.69 Å². The molecule has 21 heavy (non-hydrogen) atoms. The minimum Gasteiger partial charge on any atom is -0.379 e. The van der Waals surface area contributed by atoms with Gasteiger partial charge in [-0.1, -0.05) is 18.2 Å². The summed E-state index contributed by atoms with van der Waals surface area (Å²) in [4.78, 5) is 13.9. The Hall–Kier alpha value is -1.50. The lowest BCUT2D eigenvalue weighted by Gasteiger charge is -2.26. The summed E-state index contributed by atoms with van der Waals surface area (Å²) in [7, 11) is 0. The van der Waals surface area contributed by atoms with Gasteiger partial charge in [0.15, 0.2) is 0 Å². The highest BCUT2D eigenvalue weighted by Gasteiger charge is 2.10. The van der Waals surface area contributed by atoms with Crippen molar-refractivity contribution in [1.29, 1.82) is 0 Å². The first-order valence-corrected chi connectivity index (χ1v) is 7.26. The predicted molar refractivity (Wildman–Crippen MR) is 78.4 cm³/mol. The SMILES string of the molecule is O=C(CNCc1ccccc1F)NCCN1CCOCC1. The topological polar surface area (TPSA) is 53.6 Å². The maximum Gasteiger partial charge on any atom is 0.234 e. The summed E-state index contributed by atoms with van der Waals surface area (Å²) in [6.45, 7) is 5.36. The van der Waals surface area contributed by atoms with E-state index in [-0.39, 0.29) is 18.3 Å². The Morgan fingerprint density at radius 3 is 2.81 bits per heavy atom. The number of morpholine rings is 1. The Kier molecular flexibility index (Phi) is 6.59. The van der Waals surface area contributed by atoms with Gasteiger partial charge in [-0.2, -0.15) is 0 Å². The third-order valence-corrected chi connectivity index (χ3v) is 3.41. The Labute approximate surface area is 124 Å². The molecular weight excluding hydrogens is 273 g/mol. The van der Waals surface area contributed by atoms with Crippen molar-refractivity contribution in [3.8, 4) is 0 Å². The molecule has 0 bridgehead atoms. The van der Waals surface area contributed by atoms with Crippen LogP contribution in [0.4, 0.5) is 4.39 Å². The van der Waals surface area contributed by atoms with Crippen LogP contribution in [0.25, 0.3) is 0 Å². The average Bonchev–Trinajstić information content (AvgIpc) is 2.50. The summed E-state index contributed by atoms with van der Waals surface area (Å²) in [5.74, 6) is -0.322. The summed E-state index contributed by atoms with van der Waals surface area (Å²) in [6, 6.07) is 6.55. The first-order chi connectivity index (χ1) is 10.3. The van der Waals surface area contributed by atoms with Gasteiger partial charge in [-0.05, 0) is 6.07 Å². The summed E-state index contributed by atoms with van der Waals surface area (Å²) >= 11 is 0. The van der Waals surface area contributed by atoms with Crippen molar-refractivity contribution in [2.75, 3.05) is 45.9 Å². The average molecular weight is 295 g/mol. The first-order valence-electron chi connectivity index (χ1n) is 7.26. The molecular formula is C15H22FN3O2. The molecule has 0 unspecified atom stereocenters. The number of amides is 1. The summed E-state index contributed by atoms with van der Waals surface area (Å²) < 4.78 is 18.6. The smallest absolute Gasteiger partial charge is 0.234 e. The van der Waals surface area contributed by atoms with Crippen molar-refractivity contribution in [2.24, 2.45) is 0 Å². The van der Waals surface area contributed by atoms with Gasteiger partial charge in [0.1, 0.15) is 5.82 Å². The molecule has 0 aliphatic carbocycles. The van der Waals surface area contributed by atoms with E-state index in [0.717, 1.165) is 32.8 Å². The van der Waals surface area contributed by atoms with Crippen LogP contribution in [0.1, 0.15) is 5.56 Å². The summed E-state index contributed by atoms with van der Waals surface area (Å²) in [5.41, 5.74) is 0.568. The highest BCUT2D eigenvalue weighted by Crippen LogP contribution is 2.04. The van der Waals surface area contributed by atoms with Gasteiger partial charge in [0.2, 0.25) is 5.91 Å². The van der Waals surface area contributed by atoms with E-state index in [1.165, 1.54) is 6.07 Å². The largest absolute Gasteiger partial charge is 0.379 e. The number of carbonyl (C=O) groups is 1. The highest BCUT2D eigenvalue weighted by atomic mass is 19.1. The quantitative estimate of drug-likeness (QED) is 0.763. The zero-order chi connectivity index (χ0) is 14.9. The third kappa shape index (κ3) is 5.79. The zero-order valence-electron chi connectivity index (χ0n) is 12.1. The molecule has 0 atom stereocenters. The van der Waals surface area contributed by atoms with E-state index < -0.39 is 0 Å². The van der Waals surface area contributed by atoms with Crippen molar-refractivity contribution in [2.45, 2.75) is 6.54 Å². The lowest BCUT2D eigenvalue weighted by Crippen LogP contribution is -2.42. The molecule has 1 saturated heterocycles. The molecule has 1 aliphatic rings. The lowest BCUT2D eigenvalue weighted by molar-refractivity contribution is -0.120. The second-order valence-corrected chi connectivity index (χ2v) is 5.00. The lowest BCUT2D eigenvalue weighted by atomic mass is 10.2. The highest BCUT2D eigenvalue weighted by molar-refractivity contribution is 5.77. The van der Waals surface area contributed by atoms with E-state index in [2.05, 4.69) is 15.5 Å². The number of benzene rings is 1. The second-order valence-electron chi connectivity index (χ2n) is 5.00. The van der Waals surface area contributed by atoms with Gasteiger partial charge in [-0.25, -0.2) is 4.39 Å². The number of rotatable bonds is 7. The van der Waals surface area contributed by atoms with Crippen molar-refractivity contribution < 1.29 is 13.9 Å². The van der Waals surface area contributed by atoms with Gasteiger partial charge in [0, 0.05) is 38.3 Å². The Balaban J connectivity index is 1.56. The van der Waals surface area contributed by atoms with Crippen LogP contribution in [0.3, 0.4) is 0 Å². The van der Waals surface area contributed by atoms with Gasteiger partial charge >= 0.3 is 0 Å². The van der Waals surface area contributed by atoms with Crippen molar-refractivity contribution in [3.05, 3.63) is 35.6 Å². The molecule has 0 spiro atoms. The number of carbonyl (C=O) groups excluding carboxylic acids is 1. The molecule has 1 aromatic rings. The van der Waals surface area contributed by atoms with Crippen molar-refractivity contribution in [1.82, 2.24) is 15.5 Å². The van der Waals surface area contributed by atoms with Gasteiger partial charge in [-0.15, -0.1) is 0 Å². The molecule has 1 amide bonds. The number of halogens is 1. The van der Waals surface area contributed by atoms with Crippen LogP contribution in [-0.2, 0) is 16.1 Å². The monoisotopic (exact) mass is 295 g/mol. The van der Waals surface area contributed by atoms with Crippen LogP contribution in [0.15, 0.2) is 24.3 Å². The fourth-order valence-corrected chi connectivity index (χ4v) is 2.19. The Morgan fingerprint density at radius 2 is 2.05 bits per heavy atom. The minimum atomic E-state index is -0.252. The van der Waals surface area contributed by atoms with Crippen LogP contribution in [-0.4, -0.2) is 56.7 Å². The van der Waals surface area contributed by atoms with E-state index in [9.17, 15) is 9.18 Å². The summed E-state index contributed by atoms with van der Waals surface area (Å²) in [6.07, 6.45) is 0. The fourth-order valence-electron chi connectivity index (χ4n) is 2.19. The van der Waals surface area contributed by atoms with Crippen LogP contribution in [0.2, 0.25) is 0 Å². The maximum absolute atomic E-state index is 13.4. The number of hydrogen-bond acceptors (Lipinski definition) is 4. The molecule has 1 aliphatic heterocycles. The molecule has 5 nitrogen and oxygen atoms in total. The molecule has 2 rings (SSSR count). The standard InChI is InChI=1S/C15H22FN3O2/c16-14-4-2-1-3-13(14)11-17-12-15(20)18-5-6-19-7-9-21-10-8-19/h1-4,17H,5-12H2,(H,18,20). The van der Waals surface area contributed by atoms with Gasteiger partial charge < -0.3 is 15.4 Å².